The molecule has 2 heterocycles. The van der Waals surface area contributed by atoms with Crippen molar-refractivity contribution in [1.29, 1.82) is 0 Å². The molecule has 0 aliphatic carbocycles. The van der Waals surface area contributed by atoms with Crippen LogP contribution in [-0.2, 0) is 0 Å². The van der Waals surface area contributed by atoms with E-state index in [9.17, 15) is 4.39 Å². The van der Waals surface area contributed by atoms with Gasteiger partial charge < -0.3 is 5.73 Å². The Labute approximate surface area is 157 Å². The Hall–Kier alpha value is -2.42. The van der Waals surface area contributed by atoms with Gasteiger partial charge in [-0.15, -0.1) is 11.3 Å². The number of nitrogens with two attached hydrogens (primary N) is 1. The summed E-state index contributed by atoms with van der Waals surface area (Å²) in [5.74, 6) is 6.06. The van der Waals surface area contributed by atoms with Gasteiger partial charge in [0, 0.05) is 17.8 Å². The molecule has 3 rings (SSSR count). The molecule has 0 radical (unpaired) electrons. The molecule has 5 heteroatoms. The van der Waals surface area contributed by atoms with Gasteiger partial charge in [0.05, 0.1) is 21.6 Å². The van der Waals surface area contributed by atoms with E-state index in [2.05, 4.69) is 23.7 Å². The molecule has 0 spiro atoms. The lowest BCUT2D eigenvalue weighted by Gasteiger charge is -2.17. The summed E-state index contributed by atoms with van der Waals surface area (Å²) in [5, 5.41) is 0. The zero-order valence-electron chi connectivity index (χ0n) is 15.2. The van der Waals surface area contributed by atoms with Crippen LogP contribution in [-0.4, -0.2) is 30.5 Å². The number of thiophene rings is 1. The fourth-order valence-corrected chi connectivity index (χ4v) is 4.07. The second-order valence-corrected chi connectivity index (χ2v) is 7.56. The Bertz CT molecular complexity index is 982. The van der Waals surface area contributed by atoms with Gasteiger partial charge in [0.15, 0.2) is 0 Å². The van der Waals surface area contributed by atoms with Crippen molar-refractivity contribution in [3.05, 3.63) is 58.3 Å². The Kier molecular flexibility index (Phi) is 5.55. The predicted molar refractivity (Wildman–Crippen MR) is 108 cm³/mol. The molecule has 134 valence electrons. The second-order valence-electron chi connectivity index (χ2n) is 6.51. The van der Waals surface area contributed by atoms with Crippen molar-refractivity contribution in [1.82, 2.24) is 9.88 Å². The van der Waals surface area contributed by atoms with Crippen LogP contribution in [0.2, 0.25) is 0 Å². The highest BCUT2D eigenvalue weighted by molar-refractivity contribution is 7.19. The van der Waals surface area contributed by atoms with Gasteiger partial charge in [0.25, 0.3) is 0 Å². The highest BCUT2D eigenvalue weighted by atomic mass is 32.1. The van der Waals surface area contributed by atoms with E-state index in [0.29, 0.717) is 17.8 Å². The quantitative estimate of drug-likeness (QED) is 0.546. The zero-order chi connectivity index (χ0) is 18.7. The number of pyridine rings is 1. The molecule has 0 aliphatic rings. The van der Waals surface area contributed by atoms with E-state index >= 15 is 0 Å². The fourth-order valence-electron chi connectivity index (χ4n) is 3.01. The smallest absolute Gasteiger partial charge is 0.129 e. The van der Waals surface area contributed by atoms with Crippen molar-refractivity contribution in [3.8, 4) is 11.8 Å². The minimum absolute atomic E-state index is 0.0395. The minimum Gasteiger partial charge on any atom is -0.399 e. The third-order valence-corrected chi connectivity index (χ3v) is 5.32. The lowest BCUT2D eigenvalue weighted by atomic mass is 9.89. The molecule has 26 heavy (non-hydrogen) atoms. The topological polar surface area (TPSA) is 42.1 Å². The molecule has 0 saturated carbocycles. The second kappa shape index (κ2) is 7.86. The van der Waals surface area contributed by atoms with Crippen LogP contribution in [0.3, 0.4) is 0 Å². The summed E-state index contributed by atoms with van der Waals surface area (Å²) in [6.45, 7) is 2.78. The highest BCUT2D eigenvalue weighted by Gasteiger charge is 2.20. The molecule has 3 nitrogen and oxygen atoms in total. The largest absolute Gasteiger partial charge is 0.399 e. The van der Waals surface area contributed by atoms with Gasteiger partial charge in [-0.3, -0.25) is 9.88 Å². The van der Waals surface area contributed by atoms with Crippen molar-refractivity contribution in [2.75, 3.05) is 26.4 Å². The standard InChI is InChI=1S/C21H22FN3S/c1-4-16(17-8-7-14(23)12-19(17)22)18-9-10-24-20-13-15(26-21(18)20)6-5-11-25(2)3/h7-10,12-13,16H,4,11,23H2,1-3H3. The number of nitrogens with zero attached hydrogens (tertiary/aromatic N) is 2. The molecule has 0 fully saturated rings. The average molecular weight is 367 g/mol. The van der Waals surface area contributed by atoms with Crippen LogP contribution in [0.4, 0.5) is 10.1 Å². The Morgan fingerprint density at radius 2 is 2.04 bits per heavy atom. The Morgan fingerprint density at radius 3 is 2.73 bits per heavy atom. The van der Waals surface area contributed by atoms with Crippen LogP contribution in [0, 0.1) is 17.7 Å². The first kappa shape index (κ1) is 18.4. The Balaban J connectivity index is 2.05. The maximum atomic E-state index is 14.5. The molecular weight excluding hydrogens is 345 g/mol. The first-order valence-electron chi connectivity index (χ1n) is 8.56. The molecular formula is C21H22FN3S. The van der Waals surface area contributed by atoms with E-state index < -0.39 is 0 Å². The minimum atomic E-state index is -0.260. The number of aromatic nitrogens is 1. The van der Waals surface area contributed by atoms with E-state index in [1.54, 1.807) is 29.7 Å². The van der Waals surface area contributed by atoms with Gasteiger partial charge >= 0.3 is 0 Å². The van der Waals surface area contributed by atoms with E-state index in [1.807, 2.05) is 31.1 Å². The number of benzene rings is 1. The van der Waals surface area contributed by atoms with Gasteiger partial charge in [-0.05, 0) is 55.9 Å². The monoisotopic (exact) mass is 367 g/mol. The highest BCUT2D eigenvalue weighted by Crippen LogP contribution is 2.37. The third kappa shape index (κ3) is 3.87. The van der Waals surface area contributed by atoms with Crippen LogP contribution in [0.25, 0.3) is 10.2 Å². The number of fused-ring (bicyclic) bond motifs is 1. The SMILES string of the molecule is CCC(c1ccc(N)cc1F)c1ccnc2cc(C#CCN(C)C)sc12. The molecule has 3 aromatic rings. The van der Waals surface area contributed by atoms with Gasteiger partial charge in [0.2, 0.25) is 0 Å². The summed E-state index contributed by atoms with van der Waals surface area (Å²) in [6, 6.07) is 8.93. The summed E-state index contributed by atoms with van der Waals surface area (Å²) < 4.78 is 15.6. The van der Waals surface area contributed by atoms with Gasteiger partial charge in [-0.25, -0.2) is 4.39 Å². The van der Waals surface area contributed by atoms with Crippen LogP contribution in [0.15, 0.2) is 36.5 Å². The molecule has 0 aliphatic heterocycles. The molecule has 0 saturated heterocycles. The number of rotatable bonds is 4. The van der Waals surface area contributed by atoms with Crippen molar-refractivity contribution in [3.63, 3.8) is 0 Å². The Morgan fingerprint density at radius 1 is 1.23 bits per heavy atom. The lowest BCUT2D eigenvalue weighted by molar-refractivity contribution is 0.464. The van der Waals surface area contributed by atoms with Crippen LogP contribution >= 0.6 is 11.3 Å². The van der Waals surface area contributed by atoms with Crippen molar-refractivity contribution in [2.45, 2.75) is 19.3 Å². The molecule has 0 bridgehead atoms. The molecule has 2 N–H and O–H groups in total. The van der Waals surface area contributed by atoms with E-state index in [1.165, 1.54) is 6.07 Å². The summed E-state index contributed by atoms with van der Waals surface area (Å²) in [4.78, 5) is 7.48. The number of halogens is 1. The van der Waals surface area contributed by atoms with E-state index in [-0.39, 0.29) is 11.7 Å². The first-order chi connectivity index (χ1) is 12.5. The summed E-state index contributed by atoms with van der Waals surface area (Å²) in [7, 11) is 3.98. The van der Waals surface area contributed by atoms with E-state index in [4.69, 9.17) is 5.73 Å². The van der Waals surface area contributed by atoms with E-state index in [0.717, 1.165) is 27.1 Å². The molecule has 2 aromatic heterocycles. The normalized spacial score (nSPS) is 12.2. The summed E-state index contributed by atoms with van der Waals surface area (Å²) in [5.41, 5.74) is 8.81. The molecule has 1 unspecified atom stereocenters. The zero-order valence-corrected chi connectivity index (χ0v) is 16.0. The van der Waals surface area contributed by atoms with Crippen molar-refractivity contribution >= 4 is 27.2 Å². The summed E-state index contributed by atoms with van der Waals surface area (Å²) >= 11 is 1.62. The average Bonchev–Trinajstić information content (AvgIpc) is 3.00. The van der Waals surface area contributed by atoms with Gasteiger partial charge in [-0.1, -0.05) is 24.8 Å². The maximum absolute atomic E-state index is 14.5. The summed E-state index contributed by atoms with van der Waals surface area (Å²) in [6.07, 6.45) is 2.58. The molecule has 1 aromatic carbocycles. The van der Waals surface area contributed by atoms with Gasteiger partial charge in [0.1, 0.15) is 5.82 Å². The van der Waals surface area contributed by atoms with Crippen LogP contribution in [0.1, 0.15) is 35.3 Å². The maximum Gasteiger partial charge on any atom is 0.129 e. The number of nitrogen functional groups attached to an aromatic ring is 1. The molecule has 1 atom stereocenters. The fraction of sp³-hybridized carbons (Fsp3) is 0.286. The number of hydrogen-bond donors (Lipinski definition) is 1. The van der Waals surface area contributed by atoms with Crippen molar-refractivity contribution < 1.29 is 4.39 Å². The lowest BCUT2D eigenvalue weighted by Crippen LogP contribution is -2.10. The number of hydrogen-bond acceptors (Lipinski definition) is 4. The predicted octanol–water partition coefficient (Wildman–Crippen LogP) is 4.47. The van der Waals surface area contributed by atoms with Crippen molar-refractivity contribution in [2.24, 2.45) is 0 Å². The van der Waals surface area contributed by atoms with Crippen LogP contribution < -0.4 is 5.73 Å². The first-order valence-corrected chi connectivity index (χ1v) is 9.38. The third-order valence-electron chi connectivity index (χ3n) is 4.23. The molecule has 0 amide bonds. The number of anilines is 1. The van der Waals surface area contributed by atoms with Crippen LogP contribution in [0.5, 0.6) is 0 Å². The van der Waals surface area contributed by atoms with Gasteiger partial charge in [-0.2, -0.15) is 0 Å².